The Morgan fingerprint density at radius 1 is 1.33 bits per heavy atom. The molecule has 0 radical (unpaired) electrons. The van der Waals surface area contributed by atoms with Crippen molar-refractivity contribution in [2.45, 2.75) is 20.8 Å². The summed E-state index contributed by atoms with van der Waals surface area (Å²) in [5.41, 5.74) is 1.92. The monoisotopic (exact) mass is 260 g/mol. The summed E-state index contributed by atoms with van der Waals surface area (Å²) in [6.07, 6.45) is 0. The molecule has 1 heterocycles. The van der Waals surface area contributed by atoms with E-state index in [4.69, 9.17) is 0 Å². The zero-order valence-electron chi connectivity index (χ0n) is 10.8. The Morgan fingerprint density at radius 2 is 2.00 bits per heavy atom. The molecule has 1 aromatic heterocycles. The number of nitrogens with zero attached hydrogens (tertiary/aromatic N) is 2. The van der Waals surface area contributed by atoms with Gasteiger partial charge in [-0.3, -0.25) is 4.79 Å². The van der Waals surface area contributed by atoms with Gasteiger partial charge < -0.3 is 4.90 Å². The summed E-state index contributed by atoms with van der Waals surface area (Å²) in [5, 5.41) is 0.881. The molecular formula is C14H16N2OS. The van der Waals surface area contributed by atoms with Gasteiger partial charge in [-0.25, -0.2) is 4.98 Å². The number of aryl methyl sites for hydroxylation is 1. The molecule has 3 nitrogen and oxygen atoms in total. The van der Waals surface area contributed by atoms with Crippen molar-refractivity contribution in [2.75, 3.05) is 11.4 Å². The van der Waals surface area contributed by atoms with Gasteiger partial charge in [0.2, 0.25) is 0 Å². The average molecular weight is 260 g/mol. The third-order valence-electron chi connectivity index (χ3n) is 2.72. The smallest absolute Gasteiger partial charge is 0.190 e. The van der Waals surface area contributed by atoms with Gasteiger partial charge in [-0.15, -0.1) is 0 Å². The van der Waals surface area contributed by atoms with Crippen molar-refractivity contribution in [1.82, 2.24) is 4.98 Å². The summed E-state index contributed by atoms with van der Waals surface area (Å²) in [5.74, 6) is 0.0837. The van der Waals surface area contributed by atoms with Crippen molar-refractivity contribution in [1.29, 1.82) is 0 Å². The van der Waals surface area contributed by atoms with Crippen LogP contribution in [0.25, 0.3) is 0 Å². The second kappa shape index (κ2) is 5.31. The minimum absolute atomic E-state index is 0.0837. The Bertz CT molecular complexity index is 548. The van der Waals surface area contributed by atoms with Gasteiger partial charge >= 0.3 is 0 Å². The fourth-order valence-corrected chi connectivity index (χ4v) is 2.91. The summed E-state index contributed by atoms with van der Waals surface area (Å²) in [6.45, 7) is 6.38. The Hall–Kier alpha value is -1.68. The number of thiazole rings is 1. The van der Waals surface area contributed by atoms with Crippen LogP contribution in [0.4, 0.5) is 10.8 Å². The van der Waals surface area contributed by atoms with E-state index < -0.39 is 0 Å². The van der Waals surface area contributed by atoms with Gasteiger partial charge in [-0.05, 0) is 26.0 Å². The van der Waals surface area contributed by atoms with Gasteiger partial charge in [-0.1, -0.05) is 29.5 Å². The number of hydrogen-bond donors (Lipinski definition) is 0. The molecule has 0 fully saturated rings. The van der Waals surface area contributed by atoms with Crippen LogP contribution in [0.3, 0.4) is 0 Å². The van der Waals surface area contributed by atoms with E-state index in [9.17, 15) is 4.79 Å². The summed E-state index contributed by atoms with van der Waals surface area (Å²) >= 11 is 1.46. The van der Waals surface area contributed by atoms with Crippen LogP contribution in [0.1, 0.15) is 29.2 Å². The highest BCUT2D eigenvalue weighted by Gasteiger charge is 2.16. The zero-order valence-corrected chi connectivity index (χ0v) is 11.6. The summed E-state index contributed by atoms with van der Waals surface area (Å²) in [6, 6.07) is 10.1. The predicted molar refractivity (Wildman–Crippen MR) is 76.0 cm³/mol. The predicted octanol–water partition coefficient (Wildman–Crippen LogP) is 3.81. The molecule has 0 N–H and O–H groups in total. The standard InChI is InChI=1S/C14H16N2OS/c1-4-16(12-8-6-5-7-9-12)14-15-10(2)13(18-14)11(3)17/h5-9H,4H2,1-3H3. The molecule has 0 bridgehead atoms. The molecule has 0 spiro atoms. The molecule has 0 atom stereocenters. The third kappa shape index (κ3) is 2.43. The van der Waals surface area contributed by atoms with E-state index in [0.717, 1.165) is 27.9 Å². The number of carbonyl (C=O) groups is 1. The van der Waals surface area contributed by atoms with Gasteiger partial charge in [0.15, 0.2) is 10.9 Å². The molecule has 0 saturated heterocycles. The number of benzene rings is 1. The number of hydrogen-bond acceptors (Lipinski definition) is 4. The number of rotatable bonds is 4. The van der Waals surface area contributed by atoms with Crippen molar-refractivity contribution in [3.63, 3.8) is 0 Å². The van der Waals surface area contributed by atoms with Crippen molar-refractivity contribution in [3.8, 4) is 0 Å². The Balaban J connectivity index is 2.40. The normalized spacial score (nSPS) is 10.4. The lowest BCUT2D eigenvalue weighted by atomic mass is 10.3. The van der Waals surface area contributed by atoms with Gasteiger partial charge in [0.05, 0.1) is 10.6 Å². The lowest BCUT2D eigenvalue weighted by Crippen LogP contribution is -2.15. The number of ketones is 1. The molecule has 0 aliphatic heterocycles. The molecule has 0 saturated carbocycles. The van der Waals surface area contributed by atoms with Crippen LogP contribution in [-0.2, 0) is 0 Å². The molecule has 2 aromatic rings. The first kappa shape index (κ1) is 12.8. The lowest BCUT2D eigenvalue weighted by Gasteiger charge is -2.19. The molecule has 18 heavy (non-hydrogen) atoms. The highest BCUT2D eigenvalue weighted by atomic mass is 32.1. The molecule has 94 valence electrons. The minimum Gasteiger partial charge on any atom is -0.318 e. The second-order valence-corrected chi connectivity index (χ2v) is 5.02. The summed E-state index contributed by atoms with van der Waals surface area (Å²) in [4.78, 5) is 18.8. The molecule has 0 unspecified atom stereocenters. The first-order valence-corrected chi connectivity index (χ1v) is 6.76. The van der Waals surface area contributed by atoms with E-state index >= 15 is 0 Å². The van der Waals surface area contributed by atoms with Crippen LogP contribution >= 0.6 is 11.3 Å². The van der Waals surface area contributed by atoms with Crippen LogP contribution in [0, 0.1) is 6.92 Å². The minimum atomic E-state index is 0.0837. The highest BCUT2D eigenvalue weighted by molar-refractivity contribution is 7.17. The molecule has 0 amide bonds. The van der Waals surface area contributed by atoms with Gasteiger partial charge in [-0.2, -0.15) is 0 Å². The molecular weight excluding hydrogens is 244 g/mol. The van der Waals surface area contributed by atoms with E-state index in [-0.39, 0.29) is 5.78 Å². The van der Waals surface area contributed by atoms with Crippen molar-refractivity contribution in [2.24, 2.45) is 0 Å². The zero-order chi connectivity index (χ0) is 13.1. The fourth-order valence-electron chi connectivity index (χ4n) is 1.86. The van der Waals surface area contributed by atoms with E-state index in [1.165, 1.54) is 11.3 Å². The number of Topliss-reactive ketones (excluding diaryl/α,β-unsaturated/α-hetero) is 1. The maximum atomic E-state index is 11.5. The first-order valence-electron chi connectivity index (χ1n) is 5.94. The van der Waals surface area contributed by atoms with Crippen LogP contribution in [0.2, 0.25) is 0 Å². The first-order chi connectivity index (χ1) is 8.63. The van der Waals surface area contributed by atoms with Crippen LogP contribution in [-0.4, -0.2) is 17.3 Å². The van der Waals surface area contributed by atoms with Crippen LogP contribution in [0.15, 0.2) is 30.3 Å². The maximum Gasteiger partial charge on any atom is 0.190 e. The van der Waals surface area contributed by atoms with Crippen molar-refractivity contribution < 1.29 is 4.79 Å². The van der Waals surface area contributed by atoms with E-state index in [0.29, 0.717) is 0 Å². The fraction of sp³-hybridized carbons (Fsp3) is 0.286. The quantitative estimate of drug-likeness (QED) is 0.784. The van der Waals surface area contributed by atoms with Gasteiger partial charge in [0.1, 0.15) is 0 Å². The van der Waals surface area contributed by atoms with E-state index in [1.807, 2.05) is 37.3 Å². The van der Waals surface area contributed by atoms with Crippen molar-refractivity contribution in [3.05, 3.63) is 40.9 Å². The largest absolute Gasteiger partial charge is 0.318 e. The van der Waals surface area contributed by atoms with Crippen molar-refractivity contribution >= 4 is 27.9 Å². The van der Waals surface area contributed by atoms with Crippen LogP contribution < -0.4 is 4.90 Å². The highest BCUT2D eigenvalue weighted by Crippen LogP contribution is 2.31. The summed E-state index contributed by atoms with van der Waals surface area (Å²) < 4.78 is 0. The van der Waals surface area contributed by atoms with E-state index in [2.05, 4.69) is 16.8 Å². The van der Waals surface area contributed by atoms with Gasteiger partial charge in [0.25, 0.3) is 0 Å². The Kier molecular flexibility index (Phi) is 3.77. The third-order valence-corrected chi connectivity index (χ3v) is 4.00. The maximum absolute atomic E-state index is 11.5. The number of carbonyl (C=O) groups excluding carboxylic acids is 1. The second-order valence-electron chi connectivity index (χ2n) is 4.05. The average Bonchev–Trinajstić information content (AvgIpc) is 2.74. The lowest BCUT2D eigenvalue weighted by molar-refractivity contribution is 0.102. The number of anilines is 2. The van der Waals surface area contributed by atoms with Gasteiger partial charge in [0, 0.05) is 19.2 Å². The Labute approximate surface area is 111 Å². The van der Waals surface area contributed by atoms with E-state index in [1.54, 1.807) is 6.92 Å². The molecule has 0 aliphatic rings. The molecule has 2 rings (SSSR count). The topological polar surface area (TPSA) is 33.2 Å². The SMILES string of the molecule is CCN(c1ccccc1)c1nc(C)c(C(C)=O)s1. The summed E-state index contributed by atoms with van der Waals surface area (Å²) in [7, 11) is 0. The molecule has 0 aliphatic carbocycles. The Morgan fingerprint density at radius 3 is 2.50 bits per heavy atom. The van der Waals surface area contributed by atoms with Crippen LogP contribution in [0.5, 0.6) is 0 Å². The molecule has 4 heteroatoms. The molecule has 1 aromatic carbocycles. The number of para-hydroxylation sites is 1. The number of aromatic nitrogens is 1.